The fraction of sp³-hybridized carbons (Fsp3) is 0. The number of rotatable bonds is 7. The van der Waals surface area contributed by atoms with Crippen LogP contribution in [-0.4, -0.2) is 9.97 Å². The van der Waals surface area contributed by atoms with E-state index in [2.05, 4.69) is 190 Å². The second-order valence-electron chi connectivity index (χ2n) is 10.9. The largest absolute Gasteiger partial charge is 0.359 e. The van der Waals surface area contributed by atoms with E-state index in [0.717, 1.165) is 45.2 Å². The molecule has 4 nitrogen and oxygen atoms in total. The number of nitrogens with zero attached hydrogens (tertiary/aromatic N) is 2. The van der Waals surface area contributed by atoms with Gasteiger partial charge in [-0.05, 0) is 71.8 Å². The van der Waals surface area contributed by atoms with Crippen LogP contribution in [0.1, 0.15) is 0 Å². The molecule has 4 heteroatoms. The van der Waals surface area contributed by atoms with E-state index in [4.69, 9.17) is 0 Å². The molecule has 44 heavy (non-hydrogen) atoms. The van der Waals surface area contributed by atoms with E-state index >= 15 is 0 Å². The van der Waals surface area contributed by atoms with Crippen LogP contribution >= 0.6 is 0 Å². The van der Waals surface area contributed by atoms with Crippen molar-refractivity contribution in [1.29, 1.82) is 0 Å². The predicted octanol–water partition coefficient (Wildman–Crippen LogP) is 11.3. The van der Waals surface area contributed by atoms with Crippen molar-refractivity contribution >= 4 is 55.9 Å². The molecule has 0 atom stereocenters. The van der Waals surface area contributed by atoms with Gasteiger partial charge in [0.05, 0.1) is 11.4 Å². The van der Waals surface area contributed by atoms with Crippen molar-refractivity contribution in [3.05, 3.63) is 170 Å². The van der Waals surface area contributed by atoms with Gasteiger partial charge >= 0.3 is 0 Å². The van der Waals surface area contributed by atoms with Crippen molar-refractivity contribution in [1.82, 2.24) is 9.97 Å². The van der Waals surface area contributed by atoms with Crippen LogP contribution < -0.4 is 9.80 Å². The molecule has 210 valence electrons. The van der Waals surface area contributed by atoms with Gasteiger partial charge in [0.15, 0.2) is 0 Å². The SMILES string of the molecule is c1ccc(N(c2ccc(-c3ccc(N(c4ccccc4)c4c[nH]c5ccccc45)cc3)cc2)c2c[nH]c3ccccc23)cc1. The summed E-state index contributed by atoms with van der Waals surface area (Å²) >= 11 is 0. The predicted molar refractivity (Wildman–Crippen MR) is 185 cm³/mol. The van der Waals surface area contributed by atoms with Gasteiger partial charge in [-0.1, -0.05) is 97.1 Å². The van der Waals surface area contributed by atoms with Gasteiger partial charge in [-0.2, -0.15) is 0 Å². The Labute approximate surface area is 256 Å². The van der Waals surface area contributed by atoms with Crippen molar-refractivity contribution in [3.8, 4) is 11.1 Å². The third-order valence-electron chi connectivity index (χ3n) is 8.23. The van der Waals surface area contributed by atoms with Crippen molar-refractivity contribution < 1.29 is 0 Å². The average Bonchev–Trinajstić information content (AvgIpc) is 3.72. The number of nitrogens with one attached hydrogen (secondary N) is 2. The van der Waals surface area contributed by atoms with Gasteiger partial charge in [0.25, 0.3) is 0 Å². The first kappa shape index (κ1) is 25.7. The summed E-state index contributed by atoms with van der Waals surface area (Å²) in [5, 5.41) is 2.38. The summed E-state index contributed by atoms with van der Waals surface area (Å²) in [6, 6.07) is 55.6. The van der Waals surface area contributed by atoms with Crippen LogP contribution in [0.15, 0.2) is 170 Å². The lowest BCUT2D eigenvalue weighted by Crippen LogP contribution is -2.09. The molecule has 0 aliphatic heterocycles. The highest BCUT2D eigenvalue weighted by atomic mass is 15.2. The molecule has 0 bridgehead atoms. The first-order chi connectivity index (χ1) is 21.8. The summed E-state index contributed by atoms with van der Waals surface area (Å²) in [6.07, 6.45) is 4.19. The Bertz CT molecular complexity index is 2000. The number of H-pyrrole nitrogens is 2. The van der Waals surface area contributed by atoms with E-state index < -0.39 is 0 Å². The summed E-state index contributed by atoms with van der Waals surface area (Å²) in [5.74, 6) is 0. The van der Waals surface area contributed by atoms with Crippen LogP contribution in [-0.2, 0) is 0 Å². The number of hydrogen-bond acceptors (Lipinski definition) is 2. The molecule has 8 aromatic rings. The Kier molecular flexibility index (Phi) is 6.43. The van der Waals surface area contributed by atoms with E-state index in [1.54, 1.807) is 0 Å². The quantitative estimate of drug-likeness (QED) is 0.201. The highest BCUT2D eigenvalue weighted by Crippen LogP contribution is 2.41. The summed E-state index contributed by atoms with van der Waals surface area (Å²) in [4.78, 5) is 11.5. The molecule has 0 saturated heterocycles. The number of hydrogen-bond donors (Lipinski definition) is 2. The maximum Gasteiger partial charge on any atom is 0.0714 e. The van der Waals surface area contributed by atoms with Crippen LogP contribution in [0.2, 0.25) is 0 Å². The lowest BCUT2D eigenvalue weighted by atomic mass is 10.0. The van der Waals surface area contributed by atoms with Crippen molar-refractivity contribution in [2.45, 2.75) is 0 Å². The molecule has 0 aliphatic carbocycles. The van der Waals surface area contributed by atoms with E-state index in [1.165, 1.54) is 21.9 Å². The molecule has 0 aliphatic rings. The summed E-state index contributed by atoms with van der Waals surface area (Å²) in [6.45, 7) is 0. The standard InChI is InChI=1S/C40H30N4/c1-3-11-31(12-4-1)43(39-27-41-37-17-9-7-15-35(37)39)33-23-19-29(20-24-33)30-21-25-34(26-22-30)44(32-13-5-2-6-14-32)40-28-42-38-18-10-8-16-36(38)40/h1-28,41-42H. The molecule has 0 amide bonds. The van der Waals surface area contributed by atoms with Gasteiger partial charge in [0, 0.05) is 56.9 Å². The van der Waals surface area contributed by atoms with Crippen LogP contribution in [0, 0.1) is 0 Å². The topological polar surface area (TPSA) is 38.1 Å². The molecule has 0 unspecified atom stereocenters. The minimum absolute atomic E-state index is 1.11. The summed E-state index contributed by atoms with van der Waals surface area (Å²) in [5.41, 5.74) is 11.3. The normalized spacial score (nSPS) is 11.2. The fourth-order valence-corrected chi connectivity index (χ4v) is 6.10. The second-order valence-corrected chi connectivity index (χ2v) is 10.9. The van der Waals surface area contributed by atoms with Gasteiger partial charge in [-0.15, -0.1) is 0 Å². The molecule has 0 spiro atoms. The van der Waals surface area contributed by atoms with E-state index in [1.807, 2.05) is 0 Å². The molecule has 2 heterocycles. The number of aromatic amines is 2. The zero-order valence-electron chi connectivity index (χ0n) is 24.1. The number of aromatic nitrogens is 2. The number of fused-ring (bicyclic) bond motifs is 2. The zero-order valence-corrected chi connectivity index (χ0v) is 24.1. The molecule has 2 aromatic heterocycles. The van der Waals surface area contributed by atoms with Crippen LogP contribution in [0.4, 0.5) is 34.1 Å². The van der Waals surface area contributed by atoms with Gasteiger partial charge in [0.2, 0.25) is 0 Å². The second kappa shape index (κ2) is 11.0. The third kappa shape index (κ3) is 4.59. The first-order valence-corrected chi connectivity index (χ1v) is 14.9. The maximum absolute atomic E-state index is 3.44. The van der Waals surface area contributed by atoms with E-state index in [-0.39, 0.29) is 0 Å². The fourth-order valence-electron chi connectivity index (χ4n) is 6.10. The number of anilines is 6. The number of para-hydroxylation sites is 4. The highest BCUT2D eigenvalue weighted by molar-refractivity contribution is 5.99. The lowest BCUT2D eigenvalue weighted by molar-refractivity contribution is 1.29. The molecule has 0 saturated carbocycles. The van der Waals surface area contributed by atoms with Crippen molar-refractivity contribution in [3.63, 3.8) is 0 Å². The van der Waals surface area contributed by atoms with E-state index in [0.29, 0.717) is 0 Å². The van der Waals surface area contributed by atoms with Crippen LogP contribution in [0.25, 0.3) is 32.9 Å². The lowest BCUT2D eigenvalue weighted by Gasteiger charge is -2.25. The van der Waals surface area contributed by atoms with Gasteiger partial charge in [0.1, 0.15) is 0 Å². The Hall–Kier alpha value is -6.00. The molecular weight excluding hydrogens is 536 g/mol. The molecule has 8 rings (SSSR count). The van der Waals surface area contributed by atoms with Crippen molar-refractivity contribution in [2.75, 3.05) is 9.80 Å². The zero-order chi connectivity index (χ0) is 29.3. The van der Waals surface area contributed by atoms with Gasteiger partial charge < -0.3 is 19.8 Å². The monoisotopic (exact) mass is 566 g/mol. The van der Waals surface area contributed by atoms with Crippen LogP contribution in [0.5, 0.6) is 0 Å². The van der Waals surface area contributed by atoms with Gasteiger partial charge in [-0.3, -0.25) is 0 Å². The Morgan fingerprint density at radius 1 is 0.318 bits per heavy atom. The minimum atomic E-state index is 1.11. The molecule has 2 N–H and O–H groups in total. The van der Waals surface area contributed by atoms with Gasteiger partial charge in [-0.25, -0.2) is 0 Å². The Morgan fingerprint density at radius 3 is 1.07 bits per heavy atom. The smallest absolute Gasteiger partial charge is 0.0714 e. The molecular formula is C40H30N4. The van der Waals surface area contributed by atoms with Crippen molar-refractivity contribution in [2.24, 2.45) is 0 Å². The average molecular weight is 567 g/mol. The number of benzene rings is 6. The Morgan fingerprint density at radius 2 is 0.659 bits per heavy atom. The van der Waals surface area contributed by atoms with Crippen LogP contribution in [0.3, 0.4) is 0 Å². The molecule has 0 fully saturated rings. The van der Waals surface area contributed by atoms with E-state index in [9.17, 15) is 0 Å². The summed E-state index contributed by atoms with van der Waals surface area (Å²) in [7, 11) is 0. The Balaban J connectivity index is 1.14. The maximum atomic E-state index is 3.44. The minimum Gasteiger partial charge on any atom is -0.359 e. The molecule has 6 aromatic carbocycles. The first-order valence-electron chi connectivity index (χ1n) is 14.9. The molecule has 0 radical (unpaired) electrons. The third-order valence-corrected chi connectivity index (χ3v) is 8.23. The summed E-state index contributed by atoms with van der Waals surface area (Å²) < 4.78 is 0. The highest BCUT2D eigenvalue weighted by Gasteiger charge is 2.18.